The summed E-state index contributed by atoms with van der Waals surface area (Å²) in [7, 11) is 0. The van der Waals surface area contributed by atoms with Gasteiger partial charge >= 0.3 is 0 Å². The molecule has 5 nitrogen and oxygen atoms in total. The molecule has 82 valence electrons. The first-order valence-electron chi connectivity index (χ1n) is 4.69. The molecule has 1 aromatic heterocycles. The molecule has 2 N–H and O–H groups in total. The second-order valence-corrected chi connectivity index (χ2v) is 3.47. The molecule has 0 atom stereocenters. The van der Waals surface area contributed by atoms with Crippen LogP contribution in [0.3, 0.4) is 0 Å². The van der Waals surface area contributed by atoms with E-state index in [1.807, 2.05) is 19.1 Å². The molecule has 2 aromatic rings. The Balaban J connectivity index is 2.61. The topological polar surface area (TPSA) is 75.1 Å². The van der Waals surface area contributed by atoms with Crippen molar-refractivity contribution in [3.8, 4) is 11.6 Å². The first-order valence-corrected chi connectivity index (χ1v) is 4.69. The number of aldehydes is 1. The minimum Gasteiger partial charge on any atom is -0.493 e. The molecule has 16 heavy (non-hydrogen) atoms. The van der Waals surface area contributed by atoms with Crippen LogP contribution < -0.4 is 5.56 Å². The molecular formula is C11H10N2O3. The lowest BCUT2D eigenvalue weighted by Crippen LogP contribution is -2.06. The number of carbonyl (C=O) groups is 1. The summed E-state index contributed by atoms with van der Waals surface area (Å²) in [6.45, 7) is 1.93. The van der Waals surface area contributed by atoms with Crippen molar-refractivity contribution in [3.05, 3.63) is 45.7 Å². The first kappa shape index (κ1) is 10.2. The summed E-state index contributed by atoms with van der Waals surface area (Å²) >= 11 is 0. The molecule has 5 heteroatoms. The van der Waals surface area contributed by atoms with Crippen molar-refractivity contribution in [2.75, 3.05) is 0 Å². The van der Waals surface area contributed by atoms with Gasteiger partial charge in [-0.2, -0.15) is 0 Å². The van der Waals surface area contributed by atoms with E-state index in [2.05, 4.69) is 5.10 Å². The number of nitrogens with one attached hydrogen (secondary N) is 1. The monoisotopic (exact) mass is 218 g/mol. The second kappa shape index (κ2) is 3.69. The lowest BCUT2D eigenvalue weighted by molar-refractivity contribution is 0.112. The summed E-state index contributed by atoms with van der Waals surface area (Å²) in [5.41, 5.74) is 0.787. The third-order valence-corrected chi connectivity index (χ3v) is 2.32. The Morgan fingerprint density at radius 3 is 2.44 bits per heavy atom. The fourth-order valence-electron chi connectivity index (χ4n) is 1.42. The first-order chi connectivity index (χ1) is 7.63. The standard InChI is InChI=1S/C11H10N2O3/c1-7-2-4-8(5-3-7)13-11(16)9(6-14)10(15)12-13/h2-6,16H,1H3,(H,12,15). The molecule has 0 unspecified atom stereocenters. The zero-order chi connectivity index (χ0) is 11.7. The molecule has 0 amide bonds. The van der Waals surface area contributed by atoms with Gasteiger partial charge in [0, 0.05) is 0 Å². The van der Waals surface area contributed by atoms with Crippen molar-refractivity contribution in [2.24, 2.45) is 0 Å². The summed E-state index contributed by atoms with van der Waals surface area (Å²) in [6.07, 6.45) is 0.332. The van der Waals surface area contributed by atoms with Gasteiger partial charge in [-0.05, 0) is 19.1 Å². The number of rotatable bonds is 2. The zero-order valence-electron chi connectivity index (χ0n) is 8.60. The van der Waals surface area contributed by atoms with Crippen LogP contribution in [0.4, 0.5) is 0 Å². The van der Waals surface area contributed by atoms with Gasteiger partial charge in [0.15, 0.2) is 6.29 Å². The summed E-state index contributed by atoms with van der Waals surface area (Å²) in [5, 5.41) is 12.0. The predicted molar refractivity (Wildman–Crippen MR) is 58.2 cm³/mol. The lowest BCUT2D eigenvalue weighted by Gasteiger charge is -2.03. The molecule has 0 aliphatic carbocycles. The average molecular weight is 218 g/mol. The van der Waals surface area contributed by atoms with Gasteiger partial charge in [0.1, 0.15) is 5.56 Å². The van der Waals surface area contributed by atoms with E-state index < -0.39 is 5.56 Å². The Kier molecular flexibility index (Phi) is 2.36. The number of carbonyl (C=O) groups excluding carboxylic acids is 1. The highest BCUT2D eigenvalue weighted by molar-refractivity contribution is 5.77. The Morgan fingerprint density at radius 1 is 1.31 bits per heavy atom. The third kappa shape index (κ3) is 1.52. The average Bonchev–Trinajstić information content (AvgIpc) is 2.55. The van der Waals surface area contributed by atoms with Crippen LogP contribution in [0.15, 0.2) is 29.1 Å². The number of H-pyrrole nitrogens is 1. The number of aromatic nitrogens is 2. The molecule has 0 spiro atoms. The highest BCUT2D eigenvalue weighted by Gasteiger charge is 2.13. The van der Waals surface area contributed by atoms with Crippen LogP contribution in [0, 0.1) is 6.92 Å². The number of benzene rings is 1. The van der Waals surface area contributed by atoms with Crippen molar-refractivity contribution in [3.63, 3.8) is 0 Å². The van der Waals surface area contributed by atoms with Gasteiger partial charge in [-0.1, -0.05) is 17.7 Å². The van der Waals surface area contributed by atoms with Crippen LogP contribution in [0.5, 0.6) is 5.88 Å². The fraction of sp³-hybridized carbons (Fsp3) is 0.0909. The van der Waals surface area contributed by atoms with E-state index in [-0.39, 0.29) is 11.4 Å². The van der Waals surface area contributed by atoms with Crippen molar-refractivity contribution in [2.45, 2.75) is 6.92 Å². The van der Waals surface area contributed by atoms with Gasteiger partial charge in [0.25, 0.3) is 5.56 Å². The quantitative estimate of drug-likeness (QED) is 0.738. The molecule has 1 aromatic carbocycles. The molecule has 2 rings (SSSR count). The Morgan fingerprint density at radius 2 is 1.94 bits per heavy atom. The SMILES string of the molecule is Cc1ccc(-n2[nH]c(=O)c(C=O)c2O)cc1. The molecule has 0 fully saturated rings. The summed E-state index contributed by atoms with van der Waals surface area (Å²) in [6, 6.07) is 7.15. The number of hydrogen-bond donors (Lipinski definition) is 2. The maximum Gasteiger partial charge on any atom is 0.279 e. The lowest BCUT2D eigenvalue weighted by atomic mass is 10.2. The minimum absolute atomic E-state index is 0.263. The second-order valence-electron chi connectivity index (χ2n) is 3.47. The largest absolute Gasteiger partial charge is 0.493 e. The zero-order valence-corrected chi connectivity index (χ0v) is 8.60. The molecule has 0 saturated carbocycles. The maximum absolute atomic E-state index is 11.3. The molecule has 0 bridgehead atoms. The van der Waals surface area contributed by atoms with E-state index in [1.54, 1.807) is 12.1 Å². The van der Waals surface area contributed by atoms with Crippen molar-refractivity contribution < 1.29 is 9.90 Å². The summed E-state index contributed by atoms with van der Waals surface area (Å²) in [4.78, 5) is 21.8. The number of nitrogens with zero attached hydrogens (tertiary/aromatic N) is 1. The maximum atomic E-state index is 11.3. The van der Waals surface area contributed by atoms with Crippen molar-refractivity contribution in [1.82, 2.24) is 9.78 Å². The van der Waals surface area contributed by atoms with Crippen LogP contribution in [-0.4, -0.2) is 21.2 Å². The third-order valence-electron chi connectivity index (χ3n) is 2.32. The normalized spacial score (nSPS) is 10.3. The molecule has 0 radical (unpaired) electrons. The van der Waals surface area contributed by atoms with Crippen LogP contribution in [0.25, 0.3) is 5.69 Å². The molecule has 0 aliphatic rings. The predicted octanol–water partition coefficient (Wildman–Crippen LogP) is 0.992. The molecular weight excluding hydrogens is 208 g/mol. The van der Waals surface area contributed by atoms with E-state index >= 15 is 0 Å². The van der Waals surface area contributed by atoms with Crippen molar-refractivity contribution >= 4 is 6.29 Å². The summed E-state index contributed by atoms with van der Waals surface area (Å²) < 4.78 is 1.17. The summed E-state index contributed by atoms with van der Waals surface area (Å²) in [5.74, 6) is -0.371. The van der Waals surface area contributed by atoms with E-state index in [9.17, 15) is 14.7 Å². The smallest absolute Gasteiger partial charge is 0.279 e. The van der Waals surface area contributed by atoms with Crippen LogP contribution in [-0.2, 0) is 0 Å². The van der Waals surface area contributed by atoms with Gasteiger partial charge in [-0.25, -0.2) is 4.68 Å². The fourth-order valence-corrected chi connectivity index (χ4v) is 1.42. The number of aromatic amines is 1. The number of aryl methyl sites for hydroxylation is 1. The van der Waals surface area contributed by atoms with E-state index in [0.717, 1.165) is 5.56 Å². The van der Waals surface area contributed by atoms with Crippen LogP contribution in [0.1, 0.15) is 15.9 Å². The molecule has 0 aliphatic heterocycles. The van der Waals surface area contributed by atoms with Crippen LogP contribution >= 0.6 is 0 Å². The van der Waals surface area contributed by atoms with Crippen molar-refractivity contribution in [1.29, 1.82) is 0 Å². The highest BCUT2D eigenvalue weighted by Crippen LogP contribution is 2.16. The van der Waals surface area contributed by atoms with E-state index in [4.69, 9.17) is 0 Å². The van der Waals surface area contributed by atoms with E-state index in [1.165, 1.54) is 4.68 Å². The van der Waals surface area contributed by atoms with Gasteiger partial charge in [0.05, 0.1) is 5.69 Å². The van der Waals surface area contributed by atoms with Gasteiger partial charge in [-0.15, -0.1) is 0 Å². The van der Waals surface area contributed by atoms with Gasteiger partial charge < -0.3 is 5.11 Å². The Labute approximate surface area is 90.9 Å². The molecule has 1 heterocycles. The Bertz CT molecular complexity index is 578. The van der Waals surface area contributed by atoms with Crippen LogP contribution in [0.2, 0.25) is 0 Å². The minimum atomic E-state index is -0.604. The Hall–Kier alpha value is -2.30. The van der Waals surface area contributed by atoms with Gasteiger partial charge in [-0.3, -0.25) is 14.7 Å². The van der Waals surface area contributed by atoms with Gasteiger partial charge in [0.2, 0.25) is 5.88 Å². The highest BCUT2D eigenvalue weighted by atomic mass is 16.3. The number of aromatic hydroxyl groups is 1. The molecule has 0 saturated heterocycles. The van der Waals surface area contributed by atoms with E-state index in [0.29, 0.717) is 12.0 Å². The number of hydrogen-bond acceptors (Lipinski definition) is 3.